The number of hydrogen-bond donors (Lipinski definition) is 3. The molecule has 5 rings (SSSR count). The second-order valence-electron chi connectivity index (χ2n) is 6.90. The predicted molar refractivity (Wildman–Crippen MR) is 112 cm³/mol. The van der Waals surface area contributed by atoms with Gasteiger partial charge in [-0.15, -0.1) is 0 Å². The molecule has 8 nitrogen and oxygen atoms in total. The van der Waals surface area contributed by atoms with E-state index in [2.05, 4.69) is 26.2 Å². The molecule has 1 amide bonds. The van der Waals surface area contributed by atoms with Crippen molar-refractivity contribution in [1.82, 2.24) is 29.5 Å². The first-order valence-electron chi connectivity index (χ1n) is 9.00. The number of aryl methyl sites for hydroxylation is 2. The summed E-state index contributed by atoms with van der Waals surface area (Å²) in [5.74, 6) is -0.458. The summed E-state index contributed by atoms with van der Waals surface area (Å²) in [7, 11) is 0. The minimum absolute atomic E-state index is 0.428. The average Bonchev–Trinajstić information content (AvgIpc) is 3.38. The number of imidazole rings is 1. The van der Waals surface area contributed by atoms with Crippen molar-refractivity contribution >= 4 is 47.3 Å². The summed E-state index contributed by atoms with van der Waals surface area (Å²) in [6.07, 6.45) is 3.64. The molecule has 4 N–H and O–H groups in total. The van der Waals surface area contributed by atoms with Crippen LogP contribution in [0.5, 0.6) is 0 Å². The zero-order valence-corrected chi connectivity index (χ0v) is 17.6. The van der Waals surface area contributed by atoms with Gasteiger partial charge in [-0.3, -0.25) is 0 Å². The summed E-state index contributed by atoms with van der Waals surface area (Å²) in [5.41, 5.74) is 11.4. The Morgan fingerprint density at radius 3 is 2.79 bits per heavy atom. The second-order valence-corrected chi connectivity index (χ2v) is 9.17. The Kier molecular flexibility index (Phi) is 4.03. The Hall–Kier alpha value is -3.38. The van der Waals surface area contributed by atoms with E-state index in [0.29, 0.717) is 5.56 Å². The van der Waals surface area contributed by atoms with E-state index in [4.69, 9.17) is 10.7 Å². The summed E-state index contributed by atoms with van der Waals surface area (Å²) < 4.78 is 3.98. The van der Waals surface area contributed by atoms with Crippen molar-refractivity contribution in [1.29, 1.82) is 0 Å². The molecule has 0 spiro atoms. The van der Waals surface area contributed by atoms with Gasteiger partial charge >= 0.3 is 172 Å². The van der Waals surface area contributed by atoms with Crippen LogP contribution in [-0.4, -0.2) is 51.2 Å². The molecule has 29 heavy (non-hydrogen) atoms. The number of nitrogens with zero attached hydrogens (tertiary/aromatic N) is 4. The Bertz CT molecular complexity index is 1390. The van der Waals surface area contributed by atoms with E-state index < -0.39 is 21.7 Å². The first-order valence-corrected chi connectivity index (χ1v) is 10.9. The third kappa shape index (κ3) is 3.11. The van der Waals surface area contributed by atoms with E-state index >= 15 is 0 Å². The molecule has 0 saturated carbocycles. The van der Waals surface area contributed by atoms with Crippen molar-refractivity contribution in [3.8, 4) is 11.3 Å². The van der Waals surface area contributed by atoms with Gasteiger partial charge in [0.1, 0.15) is 0 Å². The first-order chi connectivity index (χ1) is 14.0. The van der Waals surface area contributed by atoms with Crippen molar-refractivity contribution in [2.24, 2.45) is 5.73 Å². The molecular weight excluding hydrogens is 429 g/mol. The number of aromatic amines is 2. The van der Waals surface area contributed by atoms with Crippen LogP contribution in [0.15, 0.2) is 42.7 Å². The van der Waals surface area contributed by atoms with Crippen molar-refractivity contribution in [3.05, 3.63) is 59.7 Å². The van der Waals surface area contributed by atoms with Gasteiger partial charge in [0.15, 0.2) is 0 Å². The summed E-state index contributed by atoms with van der Waals surface area (Å²) in [4.78, 5) is 24.4. The summed E-state index contributed by atoms with van der Waals surface area (Å²) in [5, 5.41) is 8.16. The molecule has 0 saturated heterocycles. The predicted octanol–water partition coefficient (Wildman–Crippen LogP) is 0.971. The van der Waals surface area contributed by atoms with Crippen LogP contribution in [0.4, 0.5) is 0 Å². The fourth-order valence-corrected chi connectivity index (χ4v) is 5.44. The molecule has 4 aromatic heterocycles. The summed E-state index contributed by atoms with van der Waals surface area (Å²) in [6.45, 7) is 3.96. The minimum atomic E-state index is -0.458. The number of hydrogen-bond acceptors (Lipinski definition) is 4. The fraction of sp³-hybridized carbons (Fsp3) is 0.100. The van der Waals surface area contributed by atoms with Crippen molar-refractivity contribution in [2.45, 2.75) is 13.8 Å². The molecule has 1 aromatic carbocycles. The Morgan fingerprint density at radius 2 is 2.03 bits per heavy atom. The van der Waals surface area contributed by atoms with Gasteiger partial charge in [-0.25, -0.2) is 0 Å². The Labute approximate surface area is 172 Å². The van der Waals surface area contributed by atoms with Crippen LogP contribution in [0.3, 0.4) is 0 Å². The van der Waals surface area contributed by atoms with Crippen LogP contribution in [0.1, 0.15) is 21.7 Å². The fourth-order valence-electron chi connectivity index (χ4n) is 3.37. The van der Waals surface area contributed by atoms with Gasteiger partial charge in [-0.1, -0.05) is 0 Å². The molecule has 5 aromatic rings. The summed E-state index contributed by atoms with van der Waals surface area (Å²) in [6, 6.07) is 9.88. The number of carbonyl (C=O) groups is 1. The third-order valence-electron chi connectivity index (χ3n) is 4.71. The van der Waals surface area contributed by atoms with Gasteiger partial charge in [0.25, 0.3) is 0 Å². The number of rotatable bonds is 4. The van der Waals surface area contributed by atoms with E-state index in [9.17, 15) is 4.79 Å². The third-order valence-corrected chi connectivity index (χ3v) is 6.75. The van der Waals surface area contributed by atoms with Crippen LogP contribution < -0.4 is 14.8 Å². The van der Waals surface area contributed by atoms with Crippen LogP contribution in [0, 0.1) is 13.8 Å². The maximum atomic E-state index is 11.7. The monoisotopic (exact) mass is 446 g/mol. The van der Waals surface area contributed by atoms with Crippen molar-refractivity contribution < 1.29 is 4.79 Å². The maximum absolute atomic E-state index is 11.7. The van der Waals surface area contributed by atoms with Crippen LogP contribution in [-0.2, 0) is 0 Å². The molecular formula is C20H17AsN7O. The number of carbonyl (C=O) groups excluding carboxylic acids is 1. The number of nitrogens with one attached hydrogen (secondary N) is 2. The zero-order chi connectivity index (χ0) is 20.1. The van der Waals surface area contributed by atoms with E-state index in [1.165, 1.54) is 0 Å². The number of benzene rings is 1. The van der Waals surface area contributed by atoms with Gasteiger partial charge < -0.3 is 0 Å². The SMILES string of the molecule is Cc1cn2c([As]c3cc(C)[nH]n3)nc(-c3ccc4[nH]cc(C(N)=O)c4c3)cc2n1. The molecule has 0 unspecified atom stereocenters. The van der Waals surface area contributed by atoms with Gasteiger partial charge in [0, 0.05) is 0 Å². The number of fused-ring (bicyclic) bond motifs is 2. The number of H-pyrrole nitrogens is 2. The molecule has 143 valence electrons. The van der Waals surface area contributed by atoms with Crippen molar-refractivity contribution in [2.75, 3.05) is 0 Å². The Morgan fingerprint density at radius 1 is 1.17 bits per heavy atom. The number of aromatic nitrogens is 6. The topological polar surface area (TPSA) is 118 Å². The van der Waals surface area contributed by atoms with E-state index in [-0.39, 0.29) is 0 Å². The van der Waals surface area contributed by atoms with E-state index in [1.54, 1.807) is 6.20 Å². The van der Waals surface area contributed by atoms with E-state index in [1.807, 2.05) is 48.7 Å². The molecule has 0 fully saturated rings. The molecule has 9 heteroatoms. The van der Waals surface area contributed by atoms with Crippen LogP contribution in [0.2, 0.25) is 0 Å². The standard InChI is InChI=1S/C20H17AsN7O/c1-10-5-17(27-26-10)21-20-25-16(7-18-24-11(2)9-28(18)20)12-3-4-15-13(6-12)14(8-23-15)19(22)29/h3-9,23H,1-2H3,(H2,22,29)(H,26,27). The van der Waals surface area contributed by atoms with Crippen LogP contribution in [0.25, 0.3) is 27.8 Å². The normalized spacial score (nSPS) is 11.9. The summed E-state index contributed by atoms with van der Waals surface area (Å²) >= 11 is -0.428. The van der Waals surface area contributed by atoms with E-state index in [0.717, 1.165) is 48.3 Å². The molecule has 0 atom stereocenters. The zero-order valence-electron chi connectivity index (χ0n) is 15.8. The Balaban J connectivity index is 1.67. The quantitative estimate of drug-likeness (QED) is 0.357. The van der Waals surface area contributed by atoms with Gasteiger partial charge in [-0.05, 0) is 0 Å². The first kappa shape index (κ1) is 17.7. The van der Waals surface area contributed by atoms with Crippen LogP contribution >= 0.6 is 0 Å². The van der Waals surface area contributed by atoms with Crippen molar-refractivity contribution in [3.63, 3.8) is 0 Å². The number of primary amides is 1. The molecule has 0 aliphatic carbocycles. The van der Waals surface area contributed by atoms with Gasteiger partial charge in [0.2, 0.25) is 0 Å². The molecule has 0 aliphatic heterocycles. The number of nitrogens with two attached hydrogens (primary N) is 1. The average molecular weight is 446 g/mol. The molecule has 4 heterocycles. The van der Waals surface area contributed by atoms with Gasteiger partial charge in [0.05, 0.1) is 0 Å². The molecule has 0 aliphatic rings. The molecule has 1 radical (unpaired) electrons. The second kappa shape index (κ2) is 6.60. The van der Waals surface area contributed by atoms with Gasteiger partial charge in [-0.2, -0.15) is 0 Å². The number of amides is 1. The molecule has 0 bridgehead atoms.